The fourth-order valence-electron chi connectivity index (χ4n) is 3.27. The first kappa shape index (κ1) is 20.6. The fourth-order valence-corrected chi connectivity index (χ4v) is 4.07. The highest BCUT2D eigenvalue weighted by atomic mass is 32.1. The van der Waals surface area contributed by atoms with E-state index in [1.165, 1.54) is 23.0 Å². The third kappa shape index (κ3) is 4.90. The molecule has 0 atom stereocenters. The molecule has 31 heavy (non-hydrogen) atoms. The Hall–Kier alpha value is -3.69. The third-order valence-electron chi connectivity index (χ3n) is 4.75. The van der Waals surface area contributed by atoms with E-state index in [4.69, 9.17) is 4.42 Å². The predicted octanol–water partition coefficient (Wildman–Crippen LogP) is 6.09. The van der Waals surface area contributed by atoms with Crippen LogP contribution in [0.15, 0.2) is 75.4 Å². The van der Waals surface area contributed by atoms with Gasteiger partial charge in [0.2, 0.25) is 0 Å². The average molecular weight is 428 g/mol. The number of fused-ring (bicyclic) bond motifs is 1. The van der Waals surface area contributed by atoms with Crippen LogP contribution in [0.5, 0.6) is 0 Å². The lowest BCUT2D eigenvalue weighted by atomic mass is 10.0. The molecule has 0 aliphatic rings. The number of nitrogens with zero attached hydrogens (tertiary/aromatic N) is 2. The molecule has 0 bridgehead atoms. The molecule has 2 heterocycles. The van der Waals surface area contributed by atoms with Gasteiger partial charge < -0.3 is 9.73 Å². The van der Waals surface area contributed by atoms with Crippen LogP contribution in [0.2, 0.25) is 0 Å². The number of allylic oxidation sites excluding steroid dienone is 1. The first-order chi connectivity index (χ1) is 15.0. The summed E-state index contributed by atoms with van der Waals surface area (Å²) >= 11 is 1.44. The monoisotopic (exact) mass is 427 g/mol. The zero-order valence-corrected chi connectivity index (χ0v) is 18.1. The van der Waals surface area contributed by atoms with Crippen molar-refractivity contribution in [3.8, 4) is 17.3 Å². The highest BCUT2D eigenvalue weighted by molar-refractivity contribution is 7.11. The van der Waals surface area contributed by atoms with Gasteiger partial charge >= 0.3 is 5.63 Å². The minimum absolute atomic E-state index is 0.381. The van der Waals surface area contributed by atoms with Crippen LogP contribution in [0.4, 0.5) is 5.69 Å². The van der Waals surface area contributed by atoms with Gasteiger partial charge in [-0.3, -0.25) is 0 Å². The van der Waals surface area contributed by atoms with E-state index in [1.807, 2.05) is 11.4 Å². The topological polar surface area (TPSA) is 78.9 Å². The lowest BCUT2D eigenvalue weighted by molar-refractivity contribution is 0.561. The Labute approximate surface area is 184 Å². The van der Waals surface area contributed by atoms with Crippen molar-refractivity contribution in [1.29, 1.82) is 5.26 Å². The van der Waals surface area contributed by atoms with Gasteiger partial charge in [-0.2, -0.15) is 5.26 Å². The molecular formula is C25H21N3O2S. The van der Waals surface area contributed by atoms with Gasteiger partial charge in [-0.25, -0.2) is 9.78 Å². The zero-order valence-electron chi connectivity index (χ0n) is 17.3. The third-order valence-corrected chi connectivity index (χ3v) is 5.63. The maximum absolute atomic E-state index is 11.3. The Kier molecular flexibility index (Phi) is 5.96. The van der Waals surface area contributed by atoms with Crippen LogP contribution in [-0.2, 0) is 6.42 Å². The minimum atomic E-state index is -0.381. The van der Waals surface area contributed by atoms with Gasteiger partial charge in [-0.05, 0) is 42.2 Å². The van der Waals surface area contributed by atoms with Gasteiger partial charge in [0.05, 0.1) is 5.69 Å². The highest BCUT2D eigenvalue weighted by Crippen LogP contribution is 2.27. The average Bonchev–Trinajstić information content (AvgIpc) is 3.24. The molecule has 2 aromatic carbocycles. The number of thiazole rings is 1. The number of nitriles is 1. The maximum Gasteiger partial charge on any atom is 0.336 e. The van der Waals surface area contributed by atoms with Crippen LogP contribution in [0.25, 0.3) is 27.8 Å². The molecule has 0 spiro atoms. The molecule has 0 aliphatic heterocycles. The van der Waals surface area contributed by atoms with Crippen LogP contribution in [-0.4, -0.2) is 4.98 Å². The molecule has 0 aliphatic carbocycles. The molecule has 0 unspecified atom stereocenters. The largest absolute Gasteiger partial charge is 0.423 e. The maximum atomic E-state index is 11.3. The lowest BCUT2D eigenvalue weighted by Crippen LogP contribution is -1.95. The molecule has 0 amide bonds. The summed E-state index contributed by atoms with van der Waals surface area (Å²) in [6.07, 6.45) is 2.70. The van der Waals surface area contributed by atoms with E-state index in [-0.39, 0.29) is 5.63 Å². The number of rotatable bonds is 6. The highest BCUT2D eigenvalue weighted by Gasteiger charge is 2.09. The minimum Gasteiger partial charge on any atom is -0.423 e. The molecule has 4 aromatic rings. The van der Waals surface area contributed by atoms with Crippen LogP contribution < -0.4 is 10.9 Å². The smallest absolute Gasteiger partial charge is 0.336 e. The van der Waals surface area contributed by atoms with E-state index in [2.05, 4.69) is 54.5 Å². The Bertz CT molecular complexity index is 1340. The van der Waals surface area contributed by atoms with Crippen molar-refractivity contribution in [2.45, 2.75) is 20.3 Å². The summed E-state index contributed by atoms with van der Waals surface area (Å²) in [5.41, 5.74) is 4.58. The predicted molar refractivity (Wildman–Crippen MR) is 126 cm³/mol. The number of benzene rings is 2. The van der Waals surface area contributed by atoms with Crippen molar-refractivity contribution in [2.75, 3.05) is 5.32 Å². The molecule has 6 heteroatoms. The van der Waals surface area contributed by atoms with Crippen LogP contribution in [0.1, 0.15) is 24.4 Å². The summed E-state index contributed by atoms with van der Waals surface area (Å²) in [6, 6.07) is 19.1. The van der Waals surface area contributed by atoms with E-state index >= 15 is 0 Å². The normalized spacial score (nSPS) is 11.6. The molecule has 0 radical (unpaired) electrons. The van der Waals surface area contributed by atoms with Crippen molar-refractivity contribution in [1.82, 2.24) is 4.98 Å². The van der Waals surface area contributed by atoms with Gasteiger partial charge in [0.15, 0.2) is 0 Å². The van der Waals surface area contributed by atoms with Crippen molar-refractivity contribution in [2.24, 2.45) is 5.92 Å². The van der Waals surface area contributed by atoms with Crippen LogP contribution in [0.3, 0.4) is 0 Å². The summed E-state index contributed by atoms with van der Waals surface area (Å²) < 4.78 is 5.14. The van der Waals surface area contributed by atoms with E-state index in [9.17, 15) is 10.1 Å². The molecule has 154 valence electrons. The second-order valence-corrected chi connectivity index (χ2v) is 8.51. The Morgan fingerprint density at radius 3 is 2.74 bits per heavy atom. The van der Waals surface area contributed by atoms with Crippen LogP contribution >= 0.6 is 11.3 Å². The van der Waals surface area contributed by atoms with Crippen molar-refractivity contribution < 1.29 is 4.42 Å². The molecule has 2 aromatic heterocycles. The summed E-state index contributed by atoms with van der Waals surface area (Å²) in [4.78, 5) is 16.0. The Morgan fingerprint density at radius 2 is 2.00 bits per heavy atom. The van der Waals surface area contributed by atoms with Gasteiger partial charge in [0, 0.05) is 34.3 Å². The number of anilines is 1. The second-order valence-electron chi connectivity index (χ2n) is 7.65. The molecule has 0 saturated carbocycles. The number of hydrogen-bond donors (Lipinski definition) is 1. The van der Waals surface area contributed by atoms with Crippen LogP contribution in [0, 0.1) is 17.2 Å². The summed E-state index contributed by atoms with van der Waals surface area (Å²) in [7, 11) is 0. The first-order valence-corrected chi connectivity index (χ1v) is 10.9. The van der Waals surface area contributed by atoms with E-state index in [0.717, 1.165) is 28.8 Å². The molecular weight excluding hydrogens is 406 g/mol. The number of nitrogens with one attached hydrogen (secondary N) is 1. The molecule has 5 nitrogen and oxygen atoms in total. The Balaban J connectivity index is 1.52. The van der Waals surface area contributed by atoms with Crippen molar-refractivity contribution >= 4 is 33.6 Å². The fraction of sp³-hybridized carbons (Fsp3) is 0.160. The second kappa shape index (κ2) is 8.99. The first-order valence-electron chi connectivity index (χ1n) is 9.98. The van der Waals surface area contributed by atoms with E-state index in [0.29, 0.717) is 22.1 Å². The molecule has 4 rings (SSSR count). The van der Waals surface area contributed by atoms with Gasteiger partial charge in [0.25, 0.3) is 0 Å². The Morgan fingerprint density at radius 1 is 1.19 bits per heavy atom. The van der Waals surface area contributed by atoms with E-state index < -0.39 is 0 Å². The molecule has 1 N–H and O–H groups in total. The molecule has 0 saturated heterocycles. The summed E-state index contributed by atoms with van der Waals surface area (Å²) in [6.45, 7) is 4.42. The number of aromatic nitrogens is 1. The van der Waals surface area contributed by atoms with E-state index in [1.54, 1.807) is 24.4 Å². The quantitative estimate of drug-likeness (QED) is 0.297. The van der Waals surface area contributed by atoms with Gasteiger partial charge in [-0.15, -0.1) is 11.3 Å². The van der Waals surface area contributed by atoms with Gasteiger partial charge in [-0.1, -0.05) is 38.1 Å². The SMILES string of the molecule is CC(C)Cc1ccc(-c2csc(/C(C#N)=C/Nc3ccc4oc(=O)ccc4c3)n2)cc1. The standard InChI is InChI=1S/C25H21N3O2S/c1-16(2)11-17-3-5-18(6-4-17)22-15-31-25(28-22)20(13-26)14-27-21-8-9-23-19(12-21)7-10-24(29)30-23/h3-10,12,14-16,27H,11H2,1-2H3/b20-14+. The summed E-state index contributed by atoms with van der Waals surface area (Å²) in [5, 5.41) is 16.2. The van der Waals surface area contributed by atoms with Crippen molar-refractivity contribution in [3.63, 3.8) is 0 Å². The van der Waals surface area contributed by atoms with Gasteiger partial charge in [0.1, 0.15) is 22.2 Å². The zero-order chi connectivity index (χ0) is 21.8. The lowest BCUT2D eigenvalue weighted by Gasteiger charge is -2.05. The molecule has 0 fully saturated rings. The number of hydrogen-bond acceptors (Lipinski definition) is 6. The van der Waals surface area contributed by atoms with Crippen molar-refractivity contribution in [3.05, 3.63) is 87.2 Å². The summed E-state index contributed by atoms with van der Waals surface area (Å²) in [5.74, 6) is 0.619.